The van der Waals surface area contributed by atoms with Gasteiger partial charge in [0.2, 0.25) is 0 Å². The summed E-state index contributed by atoms with van der Waals surface area (Å²) in [5.74, 6) is -2.51. The van der Waals surface area contributed by atoms with Gasteiger partial charge in [0.25, 0.3) is 17.7 Å². The molecule has 1 heterocycles. The van der Waals surface area contributed by atoms with Gasteiger partial charge in [0.05, 0.1) is 11.1 Å². The Morgan fingerprint density at radius 2 is 1.66 bits per heavy atom. The predicted octanol–water partition coefficient (Wildman–Crippen LogP) is 4.46. The number of halogens is 2. The number of carbonyl (C=O) groups is 3. The molecule has 168 valence electrons. The third-order valence-electron chi connectivity index (χ3n) is 6.73. The summed E-state index contributed by atoms with van der Waals surface area (Å²) in [7, 11) is 0. The molecule has 1 aliphatic carbocycles. The van der Waals surface area contributed by atoms with Crippen LogP contribution in [0.1, 0.15) is 77.7 Å². The van der Waals surface area contributed by atoms with E-state index >= 15 is 0 Å². The third-order valence-corrected chi connectivity index (χ3v) is 6.73. The quantitative estimate of drug-likeness (QED) is 0.714. The maximum absolute atomic E-state index is 14.5. The van der Waals surface area contributed by atoms with Crippen LogP contribution >= 0.6 is 0 Å². The maximum atomic E-state index is 14.5. The third kappa shape index (κ3) is 3.31. The van der Waals surface area contributed by atoms with Gasteiger partial charge in [-0.15, -0.1) is 0 Å². The van der Waals surface area contributed by atoms with Crippen molar-refractivity contribution in [2.75, 3.05) is 6.54 Å². The Hall–Kier alpha value is -3.09. The number of benzene rings is 2. The fourth-order valence-corrected chi connectivity index (χ4v) is 4.77. The lowest BCUT2D eigenvalue weighted by Gasteiger charge is -2.29. The first-order chi connectivity index (χ1) is 14.8. The number of carbonyl (C=O) groups excluding carboxylic acids is 3. The first-order valence-corrected chi connectivity index (χ1v) is 10.6. The van der Waals surface area contributed by atoms with Crippen molar-refractivity contribution in [3.05, 3.63) is 70.3 Å². The Balaban J connectivity index is 1.57. The predicted molar refractivity (Wildman–Crippen MR) is 115 cm³/mol. The molecule has 0 saturated heterocycles. The van der Waals surface area contributed by atoms with Crippen LogP contribution in [0, 0.1) is 17.0 Å². The highest BCUT2D eigenvalue weighted by Crippen LogP contribution is 2.64. The molecule has 0 spiro atoms. The second kappa shape index (κ2) is 6.95. The molecule has 0 bridgehead atoms. The highest BCUT2D eigenvalue weighted by Gasteiger charge is 2.62. The number of hydrogen-bond acceptors (Lipinski definition) is 3. The van der Waals surface area contributed by atoms with E-state index < -0.39 is 34.4 Å². The number of nitrogens with one attached hydrogen (secondary N) is 1. The van der Waals surface area contributed by atoms with Gasteiger partial charge in [0.1, 0.15) is 11.6 Å². The number of hydrogen-bond donors (Lipinski definition) is 1. The monoisotopic (exact) mass is 440 g/mol. The van der Waals surface area contributed by atoms with E-state index in [9.17, 15) is 23.2 Å². The molecule has 0 aromatic heterocycles. The van der Waals surface area contributed by atoms with Gasteiger partial charge in [-0.2, -0.15) is 0 Å². The molecule has 1 atom stereocenters. The Labute approximate surface area is 185 Å². The van der Waals surface area contributed by atoms with Gasteiger partial charge in [0.15, 0.2) is 0 Å². The normalized spacial score (nSPS) is 21.5. The van der Waals surface area contributed by atoms with Crippen molar-refractivity contribution in [3.8, 4) is 0 Å². The molecule has 2 aromatic carbocycles. The topological polar surface area (TPSA) is 66.5 Å². The molecule has 32 heavy (non-hydrogen) atoms. The van der Waals surface area contributed by atoms with Crippen molar-refractivity contribution in [1.29, 1.82) is 0 Å². The van der Waals surface area contributed by atoms with Crippen LogP contribution in [0.2, 0.25) is 0 Å². The zero-order chi connectivity index (χ0) is 23.6. The Morgan fingerprint density at radius 1 is 1.03 bits per heavy atom. The van der Waals surface area contributed by atoms with Gasteiger partial charge in [-0.25, -0.2) is 8.78 Å². The zero-order valence-electron chi connectivity index (χ0n) is 18.8. The second-order valence-electron chi connectivity index (χ2n) is 10.3. The number of imide groups is 1. The van der Waals surface area contributed by atoms with Gasteiger partial charge in [-0.05, 0) is 62.4 Å². The van der Waals surface area contributed by atoms with Crippen LogP contribution in [0.4, 0.5) is 8.78 Å². The lowest BCUT2D eigenvalue weighted by Crippen LogP contribution is -2.45. The molecule has 2 aliphatic rings. The van der Waals surface area contributed by atoms with E-state index in [0.717, 1.165) is 6.07 Å². The molecule has 1 unspecified atom stereocenters. The van der Waals surface area contributed by atoms with Gasteiger partial charge in [-0.1, -0.05) is 19.9 Å². The fourth-order valence-electron chi connectivity index (χ4n) is 4.77. The number of fused-ring (bicyclic) bond motifs is 1. The van der Waals surface area contributed by atoms with Crippen LogP contribution in [0.25, 0.3) is 0 Å². The fraction of sp³-hybridized carbons (Fsp3) is 0.400. The SMILES string of the molecule is CC(C)(C)N1C(=O)c2ccc(C(=O)NCC3(c4ccc(F)cc4F)CC3(C)C)cc2C1=O. The average Bonchev–Trinajstić information content (AvgIpc) is 3.14. The number of nitrogens with zero attached hydrogens (tertiary/aromatic N) is 1. The number of rotatable bonds is 4. The minimum Gasteiger partial charge on any atom is -0.351 e. The van der Waals surface area contributed by atoms with Crippen LogP contribution < -0.4 is 5.32 Å². The summed E-state index contributed by atoms with van der Waals surface area (Å²) in [6.07, 6.45) is 0.639. The Morgan fingerprint density at radius 3 is 2.22 bits per heavy atom. The van der Waals surface area contributed by atoms with Crippen LogP contribution in [-0.2, 0) is 5.41 Å². The molecular formula is C25H26F2N2O3. The number of amides is 3. The minimum atomic E-state index is -0.682. The highest BCUT2D eigenvalue weighted by molar-refractivity contribution is 6.22. The molecule has 1 saturated carbocycles. The Kier molecular flexibility index (Phi) is 4.81. The van der Waals surface area contributed by atoms with E-state index in [0.29, 0.717) is 12.0 Å². The summed E-state index contributed by atoms with van der Waals surface area (Å²) >= 11 is 0. The van der Waals surface area contributed by atoms with Crippen molar-refractivity contribution in [2.45, 2.75) is 52.0 Å². The van der Waals surface area contributed by atoms with Crippen molar-refractivity contribution in [2.24, 2.45) is 5.41 Å². The van der Waals surface area contributed by atoms with Crippen molar-refractivity contribution < 1.29 is 23.2 Å². The van der Waals surface area contributed by atoms with E-state index in [1.165, 1.54) is 35.2 Å². The molecule has 0 radical (unpaired) electrons. The summed E-state index contributed by atoms with van der Waals surface area (Å²) in [6.45, 7) is 9.43. The van der Waals surface area contributed by atoms with Gasteiger partial charge >= 0.3 is 0 Å². The van der Waals surface area contributed by atoms with E-state index in [-0.39, 0.29) is 34.6 Å². The summed E-state index contributed by atoms with van der Waals surface area (Å²) < 4.78 is 27.9. The van der Waals surface area contributed by atoms with Crippen LogP contribution in [0.3, 0.4) is 0 Å². The molecule has 4 rings (SSSR count). The summed E-state index contributed by atoms with van der Waals surface area (Å²) in [5.41, 5.74) is -0.510. The molecule has 1 N–H and O–H groups in total. The lowest BCUT2D eigenvalue weighted by molar-refractivity contribution is 0.0507. The Bertz CT molecular complexity index is 1170. The van der Waals surface area contributed by atoms with Gasteiger partial charge in [0, 0.05) is 29.1 Å². The van der Waals surface area contributed by atoms with Crippen molar-refractivity contribution in [1.82, 2.24) is 10.2 Å². The molecule has 3 amide bonds. The van der Waals surface area contributed by atoms with E-state index in [2.05, 4.69) is 5.32 Å². The van der Waals surface area contributed by atoms with Gasteiger partial charge < -0.3 is 5.32 Å². The van der Waals surface area contributed by atoms with Crippen LogP contribution in [0.5, 0.6) is 0 Å². The maximum Gasteiger partial charge on any atom is 0.262 e. The summed E-state index contributed by atoms with van der Waals surface area (Å²) in [6, 6.07) is 7.95. The second-order valence-corrected chi connectivity index (χ2v) is 10.3. The first-order valence-electron chi connectivity index (χ1n) is 10.6. The standard InChI is InChI=1S/C25H26F2N2O3/c1-23(2,3)29-21(31)16-8-6-14(10-17(16)22(29)32)20(30)28-13-25(12-24(25,4)5)18-9-7-15(26)11-19(18)27/h6-11H,12-13H2,1-5H3,(H,28,30). The molecule has 1 aliphatic heterocycles. The zero-order valence-corrected chi connectivity index (χ0v) is 18.8. The lowest BCUT2D eigenvalue weighted by atomic mass is 9.87. The van der Waals surface area contributed by atoms with E-state index in [4.69, 9.17) is 0 Å². The highest BCUT2D eigenvalue weighted by atomic mass is 19.1. The molecule has 1 fully saturated rings. The molecular weight excluding hydrogens is 414 g/mol. The summed E-state index contributed by atoms with van der Waals surface area (Å²) in [5, 5.41) is 2.85. The molecule has 2 aromatic rings. The van der Waals surface area contributed by atoms with E-state index in [1.54, 1.807) is 20.8 Å². The van der Waals surface area contributed by atoms with Crippen LogP contribution in [0.15, 0.2) is 36.4 Å². The van der Waals surface area contributed by atoms with E-state index in [1.807, 2.05) is 13.8 Å². The summed E-state index contributed by atoms with van der Waals surface area (Å²) in [4.78, 5) is 39.5. The largest absolute Gasteiger partial charge is 0.351 e. The van der Waals surface area contributed by atoms with Crippen molar-refractivity contribution in [3.63, 3.8) is 0 Å². The minimum absolute atomic E-state index is 0.166. The van der Waals surface area contributed by atoms with Gasteiger partial charge in [-0.3, -0.25) is 19.3 Å². The molecule has 7 heteroatoms. The van der Waals surface area contributed by atoms with Crippen molar-refractivity contribution >= 4 is 17.7 Å². The first kappa shape index (κ1) is 22.1. The average molecular weight is 440 g/mol. The van der Waals surface area contributed by atoms with Crippen LogP contribution in [-0.4, -0.2) is 34.7 Å². The smallest absolute Gasteiger partial charge is 0.262 e. The molecule has 5 nitrogen and oxygen atoms in total.